The van der Waals surface area contributed by atoms with Crippen LogP contribution in [0.25, 0.3) is 0 Å². The number of hydrogen-bond acceptors (Lipinski definition) is 2. The summed E-state index contributed by atoms with van der Waals surface area (Å²) in [5.74, 6) is 0.613. The molecule has 116 valence electrons. The van der Waals surface area contributed by atoms with Gasteiger partial charge >= 0.3 is 0 Å². The fraction of sp³-hybridized carbons (Fsp3) is 0.467. The number of aliphatic imine (C=N–C) groups is 1. The number of halogens is 1. The van der Waals surface area contributed by atoms with Gasteiger partial charge in [-0.1, -0.05) is 12.1 Å². The summed E-state index contributed by atoms with van der Waals surface area (Å²) in [4.78, 5) is 17.5. The maximum absolute atomic E-state index is 11.4. The molecule has 1 aliphatic rings. The Kier molecular flexibility index (Phi) is 6.00. The van der Waals surface area contributed by atoms with Crippen LogP contribution in [0.4, 0.5) is 5.69 Å². The number of nitrogens with zero attached hydrogens (tertiary/aromatic N) is 2. The van der Waals surface area contributed by atoms with Crippen molar-refractivity contribution in [3.8, 4) is 0 Å². The van der Waals surface area contributed by atoms with E-state index in [1.807, 2.05) is 45.0 Å². The standard InChI is InChI=1S/C15H22N4O.HI/c1-15(2,3)18-14(16)17-10-11-5-4-6-12(9-11)19-8-7-13(19)20;/h4-6,9H,7-8,10H2,1-3H3,(H3,16,17,18);1H. The van der Waals surface area contributed by atoms with Crippen LogP contribution in [-0.2, 0) is 11.3 Å². The van der Waals surface area contributed by atoms with Gasteiger partial charge in [0.1, 0.15) is 0 Å². The largest absolute Gasteiger partial charge is 0.370 e. The minimum absolute atomic E-state index is 0. The van der Waals surface area contributed by atoms with E-state index in [2.05, 4.69) is 10.3 Å². The Morgan fingerprint density at radius 1 is 1.43 bits per heavy atom. The number of carbonyl (C=O) groups excluding carboxylic acids is 1. The van der Waals surface area contributed by atoms with Gasteiger partial charge in [-0.3, -0.25) is 4.79 Å². The van der Waals surface area contributed by atoms with Crippen molar-refractivity contribution in [3.05, 3.63) is 29.8 Å². The maximum Gasteiger partial charge on any atom is 0.228 e. The van der Waals surface area contributed by atoms with Crippen LogP contribution >= 0.6 is 24.0 Å². The summed E-state index contributed by atoms with van der Waals surface area (Å²) in [7, 11) is 0. The lowest BCUT2D eigenvalue weighted by atomic mass is 10.1. The number of guanidine groups is 1. The second kappa shape index (κ2) is 7.11. The van der Waals surface area contributed by atoms with E-state index in [1.165, 1.54) is 0 Å². The topological polar surface area (TPSA) is 70.7 Å². The van der Waals surface area contributed by atoms with E-state index in [4.69, 9.17) is 5.73 Å². The Labute approximate surface area is 143 Å². The molecule has 0 aromatic heterocycles. The SMILES string of the molecule is CC(C)(C)NC(N)=NCc1cccc(N2CCC2=O)c1.I. The van der Waals surface area contributed by atoms with Crippen LogP contribution in [-0.4, -0.2) is 24.0 Å². The first-order valence-corrected chi connectivity index (χ1v) is 6.82. The first-order chi connectivity index (χ1) is 9.35. The van der Waals surface area contributed by atoms with E-state index in [-0.39, 0.29) is 35.4 Å². The summed E-state index contributed by atoms with van der Waals surface area (Å²) in [6.07, 6.45) is 0.644. The highest BCUT2D eigenvalue weighted by molar-refractivity contribution is 14.0. The highest BCUT2D eigenvalue weighted by Crippen LogP contribution is 2.22. The van der Waals surface area contributed by atoms with E-state index in [9.17, 15) is 4.79 Å². The van der Waals surface area contributed by atoms with Gasteiger partial charge in [-0.15, -0.1) is 24.0 Å². The van der Waals surface area contributed by atoms with Crippen molar-refractivity contribution in [1.29, 1.82) is 0 Å². The summed E-state index contributed by atoms with van der Waals surface area (Å²) < 4.78 is 0. The molecule has 0 unspecified atom stereocenters. The second-order valence-electron chi connectivity index (χ2n) is 6.04. The molecule has 1 aromatic carbocycles. The molecule has 0 atom stereocenters. The van der Waals surface area contributed by atoms with Gasteiger partial charge in [-0.2, -0.15) is 0 Å². The van der Waals surface area contributed by atoms with Crippen molar-refractivity contribution < 1.29 is 4.79 Å². The Morgan fingerprint density at radius 2 is 2.14 bits per heavy atom. The Hall–Kier alpha value is -1.31. The molecule has 1 aromatic rings. The van der Waals surface area contributed by atoms with Gasteiger partial charge in [0.15, 0.2) is 5.96 Å². The highest BCUT2D eigenvalue weighted by atomic mass is 127. The number of β-lactam (4-membered cyclic amide) rings is 1. The fourth-order valence-corrected chi connectivity index (χ4v) is 2.01. The zero-order valence-electron chi connectivity index (χ0n) is 12.7. The average molecular weight is 402 g/mol. The molecule has 2 rings (SSSR count). The molecule has 1 fully saturated rings. The molecule has 6 heteroatoms. The van der Waals surface area contributed by atoms with Crippen LogP contribution in [0, 0.1) is 0 Å². The average Bonchev–Trinajstić information content (AvgIpc) is 2.33. The molecule has 1 saturated heterocycles. The van der Waals surface area contributed by atoms with Crippen LogP contribution < -0.4 is 16.0 Å². The number of anilines is 1. The molecule has 5 nitrogen and oxygen atoms in total. The maximum atomic E-state index is 11.4. The quantitative estimate of drug-likeness (QED) is 0.353. The first-order valence-electron chi connectivity index (χ1n) is 6.82. The monoisotopic (exact) mass is 402 g/mol. The number of carbonyl (C=O) groups is 1. The zero-order chi connectivity index (χ0) is 14.8. The van der Waals surface area contributed by atoms with Crippen LogP contribution in [0.3, 0.4) is 0 Å². The molecule has 21 heavy (non-hydrogen) atoms. The summed E-state index contributed by atoms with van der Waals surface area (Å²) in [6, 6.07) is 7.87. The Morgan fingerprint density at radius 3 is 2.67 bits per heavy atom. The number of nitrogens with one attached hydrogen (secondary N) is 1. The minimum atomic E-state index is -0.0977. The number of benzene rings is 1. The lowest BCUT2D eigenvalue weighted by Crippen LogP contribution is -2.45. The third-order valence-electron chi connectivity index (χ3n) is 3.01. The van der Waals surface area contributed by atoms with Gasteiger partial charge < -0.3 is 16.0 Å². The molecule has 1 aliphatic heterocycles. The number of rotatable bonds is 3. The van der Waals surface area contributed by atoms with E-state index >= 15 is 0 Å². The fourth-order valence-electron chi connectivity index (χ4n) is 2.01. The molecule has 1 amide bonds. The smallest absolute Gasteiger partial charge is 0.228 e. The van der Waals surface area contributed by atoms with Gasteiger partial charge in [-0.05, 0) is 38.5 Å². The first kappa shape index (κ1) is 17.7. The molecule has 1 heterocycles. The van der Waals surface area contributed by atoms with Crippen molar-refractivity contribution in [1.82, 2.24) is 5.32 Å². The molecule has 0 bridgehead atoms. The molecule has 0 saturated carbocycles. The van der Waals surface area contributed by atoms with Crippen molar-refractivity contribution in [2.75, 3.05) is 11.4 Å². The molecule has 3 N–H and O–H groups in total. The summed E-state index contributed by atoms with van der Waals surface area (Å²) in [5, 5.41) is 3.12. The lowest BCUT2D eigenvalue weighted by Gasteiger charge is -2.30. The van der Waals surface area contributed by atoms with Crippen LogP contribution in [0.2, 0.25) is 0 Å². The molecular formula is C15H23IN4O. The van der Waals surface area contributed by atoms with Crippen molar-refractivity contribution in [3.63, 3.8) is 0 Å². The Bertz CT molecular complexity index is 537. The van der Waals surface area contributed by atoms with Crippen LogP contribution in [0.15, 0.2) is 29.3 Å². The zero-order valence-corrected chi connectivity index (χ0v) is 15.0. The van der Waals surface area contributed by atoms with Crippen molar-refractivity contribution >= 4 is 41.5 Å². The predicted molar refractivity (Wildman–Crippen MR) is 97.0 cm³/mol. The van der Waals surface area contributed by atoms with E-state index in [0.717, 1.165) is 17.8 Å². The summed E-state index contributed by atoms with van der Waals surface area (Å²) >= 11 is 0. The van der Waals surface area contributed by atoms with E-state index in [1.54, 1.807) is 4.90 Å². The summed E-state index contributed by atoms with van der Waals surface area (Å²) in [6.45, 7) is 7.41. The molecule has 0 spiro atoms. The second-order valence-corrected chi connectivity index (χ2v) is 6.04. The number of amides is 1. The third-order valence-corrected chi connectivity index (χ3v) is 3.01. The normalized spacial score (nSPS) is 15.3. The molecular weight excluding hydrogens is 379 g/mol. The predicted octanol–water partition coefficient (Wildman–Crippen LogP) is 2.24. The van der Waals surface area contributed by atoms with Crippen molar-refractivity contribution in [2.45, 2.75) is 39.3 Å². The van der Waals surface area contributed by atoms with Gasteiger partial charge in [0.2, 0.25) is 5.91 Å². The summed E-state index contributed by atoms with van der Waals surface area (Å²) in [5.41, 5.74) is 7.73. The van der Waals surface area contributed by atoms with Crippen LogP contribution in [0.5, 0.6) is 0 Å². The molecule has 0 aliphatic carbocycles. The van der Waals surface area contributed by atoms with Gasteiger partial charge in [0.05, 0.1) is 6.54 Å². The van der Waals surface area contributed by atoms with Gasteiger partial charge in [-0.25, -0.2) is 4.99 Å². The van der Waals surface area contributed by atoms with Gasteiger partial charge in [0.25, 0.3) is 0 Å². The molecule has 0 radical (unpaired) electrons. The lowest BCUT2D eigenvalue weighted by molar-refractivity contribution is -0.122. The third kappa shape index (κ3) is 5.18. The highest BCUT2D eigenvalue weighted by Gasteiger charge is 2.24. The van der Waals surface area contributed by atoms with E-state index < -0.39 is 0 Å². The van der Waals surface area contributed by atoms with E-state index in [0.29, 0.717) is 18.9 Å². The van der Waals surface area contributed by atoms with Crippen molar-refractivity contribution in [2.24, 2.45) is 10.7 Å². The van der Waals surface area contributed by atoms with Crippen LogP contribution in [0.1, 0.15) is 32.8 Å². The number of hydrogen-bond donors (Lipinski definition) is 2. The Balaban J connectivity index is 0.00000220. The van der Waals surface area contributed by atoms with Gasteiger partial charge in [0, 0.05) is 24.2 Å². The number of nitrogens with two attached hydrogens (primary N) is 1. The minimum Gasteiger partial charge on any atom is -0.370 e.